The Kier molecular flexibility index (Phi) is 5.67. The minimum Gasteiger partial charge on any atom is -0.301 e. The highest BCUT2D eigenvalue weighted by Gasteiger charge is 2.16. The molecule has 0 fully saturated rings. The number of hydrogen-bond acceptors (Lipinski definition) is 4. The van der Waals surface area contributed by atoms with E-state index in [0.717, 1.165) is 4.88 Å². The van der Waals surface area contributed by atoms with E-state index >= 15 is 0 Å². The minimum atomic E-state index is -0.0220. The predicted molar refractivity (Wildman–Crippen MR) is 103 cm³/mol. The van der Waals surface area contributed by atoms with Crippen LogP contribution in [0.2, 0.25) is 0 Å². The van der Waals surface area contributed by atoms with Gasteiger partial charge in [0.15, 0.2) is 5.13 Å². The van der Waals surface area contributed by atoms with Gasteiger partial charge in [-0.15, -0.1) is 23.1 Å². The second-order valence-corrected chi connectivity index (χ2v) is 7.66. The Bertz CT molecular complexity index is 748. The molecule has 122 valence electrons. The van der Waals surface area contributed by atoms with Gasteiger partial charge in [0.1, 0.15) is 0 Å². The summed E-state index contributed by atoms with van der Waals surface area (Å²) in [5, 5.41) is 3.67. The summed E-state index contributed by atoms with van der Waals surface area (Å²) in [7, 11) is 0. The molecule has 3 nitrogen and oxygen atoms in total. The number of thiazole rings is 1. The lowest BCUT2D eigenvalue weighted by atomic mass is 10.0. The number of benzene rings is 2. The average Bonchev–Trinajstić information content (AvgIpc) is 3.02. The van der Waals surface area contributed by atoms with Crippen molar-refractivity contribution in [1.82, 2.24) is 4.98 Å². The zero-order valence-corrected chi connectivity index (χ0v) is 14.9. The summed E-state index contributed by atoms with van der Waals surface area (Å²) < 4.78 is 0. The average molecular weight is 355 g/mol. The monoisotopic (exact) mass is 354 g/mol. The number of thioether (sulfide) groups is 1. The number of carbonyl (C=O) groups is 1. The van der Waals surface area contributed by atoms with Crippen LogP contribution in [0.5, 0.6) is 0 Å². The molecular formula is C19H18N2OS2. The number of aryl methyl sites for hydroxylation is 1. The van der Waals surface area contributed by atoms with E-state index in [1.54, 1.807) is 18.0 Å². The van der Waals surface area contributed by atoms with Crippen molar-refractivity contribution in [3.63, 3.8) is 0 Å². The second kappa shape index (κ2) is 8.13. The number of amides is 1. The lowest BCUT2D eigenvalue weighted by Gasteiger charge is -2.17. The topological polar surface area (TPSA) is 42.0 Å². The SMILES string of the molecule is Cc1cnc(NC(=O)CSC(c2ccccc2)c2ccccc2)s1. The highest BCUT2D eigenvalue weighted by Crippen LogP contribution is 2.35. The summed E-state index contributed by atoms with van der Waals surface area (Å²) in [5.41, 5.74) is 2.40. The zero-order chi connectivity index (χ0) is 16.8. The van der Waals surface area contributed by atoms with Gasteiger partial charge in [0, 0.05) is 11.1 Å². The molecule has 0 aliphatic rings. The van der Waals surface area contributed by atoms with Gasteiger partial charge < -0.3 is 5.32 Å². The van der Waals surface area contributed by atoms with E-state index in [0.29, 0.717) is 10.9 Å². The molecule has 0 aliphatic carbocycles. The first-order valence-electron chi connectivity index (χ1n) is 7.66. The molecule has 3 rings (SSSR count). The van der Waals surface area contributed by atoms with E-state index in [9.17, 15) is 4.79 Å². The highest BCUT2D eigenvalue weighted by molar-refractivity contribution is 8.00. The van der Waals surface area contributed by atoms with Gasteiger partial charge in [0.2, 0.25) is 5.91 Å². The van der Waals surface area contributed by atoms with Gasteiger partial charge in [0.05, 0.1) is 11.0 Å². The van der Waals surface area contributed by atoms with E-state index in [4.69, 9.17) is 0 Å². The van der Waals surface area contributed by atoms with E-state index in [1.807, 2.05) is 43.3 Å². The first-order chi connectivity index (χ1) is 11.7. The third-order valence-corrected chi connectivity index (χ3v) is 5.59. The molecule has 0 saturated carbocycles. The van der Waals surface area contributed by atoms with Crippen molar-refractivity contribution in [3.8, 4) is 0 Å². The summed E-state index contributed by atoms with van der Waals surface area (Å²) in [4.78, 5) is 17.5. The summed E-state index contributed by atoms with van der Waals surface area (Å²) in [6.07, 6.45) is 1.77. The first kappa shape index (κ1) is 16.7. The van der Waals surface area contributed by atoms with Crippen molar-refractivity contribution >= 4 is 34.1 Å². The molecule has 1 heterocycles. The number of hydrogen-bond donors (Lipinski definition) is 1. The molecule has 24 heavy (non-hydrogen) atoms. The van der Waals surface area contributed by atoms with Crippen molar-refractivity contribution in [1.29, 1.82) is 0 Å². The second-order valence-electron chi connectivity index (χ2n) is 5.34. The maximum atomic E-state index is 12.2. The fourth-order valence-electron chi connectivity index (χ4n) is 2.37. The first-order valence-corrected chi connectivity index (χ1v) is 9.52. The van der Waals surface area contributed by atoms with Gasteiger partial charge in [0.25, 0.3) is 0 Å². The van der Waals surface area contributed by atoms with Gasteiger partial charge in [-0.2, -0.15) is 0 Å². The quantitative estimate of drug-likeness (QED) is 0.684. The molecule has 1 N–H and O–H groups in total. The number of rotatable bonds is 6. The van der Waals surface area contributed by atoms with E-state index in [1.165, 1.54) is 22.5 Å². The zero-order valence-electron chi connectivity index (χ0n) is 13.3. The third kappa shape index (κ3) is 4.46. The number of anilines is 1. The van der Waals surface area contributed by atoms with Gasteiger partial charge in [-0.3, -0.25) is 4.79 Å². The normalized spacial score (nSPS) is 10.8. The number of nitrogens with zero attached hydrogens (tertiary/aromatic N) is 1. The van der Waals surface area contributed by atoms with Crippen LogP contribution < -0.4 is 5.32 Å². The van der Waals surface area contributed by atoms with Crippen molar-refractivity contribution in [2.24, 2.45) is 0 Å². The fourth-order valence-corrected chi connectivity index (χ4v) is 4.14. The van der Waals surface area contributed by atoms with Crippen molar-refractivity contribution in [2.75, 3.05) is 11.1 Å². The Hall–Kier alpha value is -2.11. The van der Waals surface area contributed by atoms with Crippen LogP contribution in [0.25, 0.3) is 0 Å². The summed E-state index contributed by atoms with van der Waals surface area (Å²) >= 11 is 3.12. The van der Waals surface area contributed by atoms with Gasteiger partial charge in [-0.05, 0) is 18.1 Å². The van der Waals surface area contributed by atoms with E-state index in [-0.39, 0.29) is 11.2 Å². The number of aromatic nitrogens is 1. The van der Waals surface area contributed by atoms with Crippen LogP contribution in [-0.4, -0.2) is 16.6 Å². The molecule has 0 saturated heterocycles. The Labute approximate surface area is 150 Å². The largest absolute Gasteiger partial charge is 0.301 e. The molecule has 1 amide bonds. The van der Waals surface area contributed by atoms with Crippen LogP contribution in [0.4, 0.5) is 5.13 Å². The molecule has 3 aromatic rings. The molecule has 0 aliphatic heterocycles. The van der Waals surface area contributed by atoms with Gasteiger partial charge >= 0.3 is 0 Å². The van der Waals surface area contributed by atoms with E-state index in [2.05, 4.69) is 34.6 Å². The molecule has 0 unspecified atom stereocenters. The molecule has 0 bridgehead atoms. The summed E-state index contributed by atoms with van der Waals surface area (Å²) in [6, 6.07) is 20.6. The summed E-state index contributed by atoms with van der Waals surface area (Å²) in [6.45, 7) is 1.98. The predicted octanol–water partition coefficient (Wildman–Crippen LogP) is 4.91. The molecule has 1 aromatic heterocycles. The van der Waals surface area contributed by atoms with Gasteiger partial charge in [-0.1, -0.05) is 60.7 Å². The van der Waals surface area contributed by atoms with Crippen LogP contribution >= 0.6 is 23.1 Å². The lowest BCUT2D eigenvalue weighted by Crippen LogP contribution is -2.15. The van der Waals surface area contributed by atoms with Crippen LogP contribution in [0.1, 0.15) is 21.3 Å². The lowest BCUT2D eigenvalue weighted by molar-refractivity contribution is -0.113. The number of carbonyl (C=O) groups excluding carboxylic acids is 1. The Morgan fingerprint density at radius 1 is 1.08 bits per heavy atom. The molecule has 0 radical (unpaired) electrons. The van der Waals surface area contributed by atoms with E-state index < -0.39 is 0 Å². The standard InChI is InChI=1S/C19H18N2OS2/c1-14-12-20-19(24-14)21-17(22)13-23-18(15-8-4-2-5-9-15)16-10-6-3-7-11-16/h2-12,18H,13H2,1H3,(H,20,21,22). The Balaban J connectivity index is 1.69. The smallest absolute Gasteiger partial charge is 0.236 e. The molecule has 0 spiro atoms. The van der Waals surface area contributed by atoms with Crippen LogP contribution in [0.3, 0.4) is 0 Å². The number of nitrogens with one attached hydrogen (secondary N) is 1. The molecular weight excluding hydrogens is 336 g/mol. The van der Waals surface area contributed by atoms with Crippen molar-refractivity contribution in [3.05, 3.63) is 82.9 Å². The maximum absolute atomic E-state index is 12.2. The fraction of sp³-hybridized carbons (Fsp3) is 0.158. The summed E-state index contributed by atoms with van der Waals surface area (Å²) in [5.74, 6) is 0.360. The van der Waals surface area contributed by atoms with Crippen molar-refractivity contribution < 1.29 is 4.79 Å². The third-order valence-electron chi connectivity index (χ3n) is 3.45. The highest BCUT2D eigenvalue weighted by atomic mass is 32.2. The van der Waals surface area contributed by atoms with Crippen LogP contribution in [0.15, 0.2) is 66.9 Å². The minimum absolute atomic E-state index is 0.0220. The maximum Gasteiger partial charge on any atom is 0.236 e. The molecule has 5 heteroatoms. The van der Waals surface area contributed by atoms with Crippen molar-refractivity contribution in [2.45, 2.75) is 12.2 Å². The Morgan fingerprint density at radius 3 is 2.17 bits per heavy atom. The Morgan fingerprint density at radius 2 is 1.67 bits per heavy atom. The molecule has 2 aromatic carbocycles. The van der Waals surface area contributed by atoms with Crippen LogP contribution in [-0.2, 0) is 4.79 Å². The molecule has 0 atom stereocenters. The van der Waals surface area contributed by atoms with Gasteiger partial charge in [-0.25, -0.2) is 4.98 Å². The van der Waals surface area contributed by atoms with Crippen LogP contribution in [0, 0.1) is 6.92 Å².